The number of pyridine rings is 2. The van der Waals surface area contributed by atoms with E-state index in [9.17, 15) is 0 Å². The van der Waals surface area contributed by atoms with Crippen LogP contribution in [0.2, 0.25) is 0 Å². The molecule has 0 saturated carbocycles. The normalized spacial score (nSPS) is 14.8. The molecule has 2 aromatic heterocycles. The Kier molecular flexibility index (Phi) is 17.2. The first-order chi connectivity index (χ1) is 20.0. The van der Waals surface area contributed by atoms with Crippen LogP contribution >= 0.6 is 0 Å². The summed E-state index contributed by atoms with van der Waals surface area (Å²) in [4.78, 5) is 8.51. The number of nitrogens with one attached hydrogen (secondary N) is 1. The molecule has 3 nitrogen and oxygen atoms in total. The number of aromatic nitrogens is 2. The average molecular weight is 554 g/mol. The Morgan fingerprint density at radius 3 is 1.76 bits per heavy atom. The van der Waals surface area contributed by atoms with Crippen molar-refractivity contribution in [1.29, 1.82) is 0 Å². The smallest absolute Gasteiger partial charge is 0.0349 e. The second-order valence-corrected chi connectivity index (χ2v) is 9.90. The van der Waals surface area contributed by atoms with Crippen LogP contribution in [0.3, 0.4) is 0 Å². The molecule has 41 heavy (non-hydrogen) atoms. The summed E-state index contributed by atoms with van der Waals surface area (Å²) in [5.74, 6) is 1.92. The molecular formula is C38H55N3. The molecule has 0 radical (unpaired) electrons. The van der Waals surface area contributed by atoms with Crippen LogP contribution in [-0.2, 0) is 12.8 Å². The third kappa shape index (κ3) is 9.36. The lowest BCUT2D eigenvalue weighted by Crippen LogP contribution is -2.16. The molecule has 3 heteroatoms. The summed E-state index contributed by atoms with van der Waals surface area (Å²) in [5, 5.41) is 2.75. The predicted molar refractivity (Wildman–Crippen MR) is 182 cm³/mol. The van der Waals surface area contributed by atoms with Crippen LogP contribution < -0.4 is 5.32 Å². The maximum absolute atomic E-state index is 4.29. The summed E-state index contributed by atoms with van der Waals surface area (Å²) < 4.78 is 0. The molecule has 0 bridgehead atoms. The first kappa shape index (κ1) is 35.7. The van der Waals surface area contributed by atoms with E-state index in [1.165, 1.54) is 44.5 Å². The molecule has 2 aliphatic rings. The van der Waals surface area contributed by atoms with E-state index in [1.807, 2.05) is 80.4 Å². The summed E-state index contributed by atoms with van der Waals surface area (Å²) in [6.45, 7) is 18.9. The highest BCUT2D eigenvalue weighted by Crippen LogP contribution is 2.42. The van der Waals surface area contributed by atoms with Gasteiger partial charge in [0.25, 0.3) is 0 Å². The number of fused-ring (bicyclic) bond motifs is 6. The van der Waals surface area contributed by atoms with Gasteiger partial charge in [-0.2, -0.15) is 0 Å². The summed E-state index contributed by atoms with van der Waals surface area (Å²) >= 11 is 0. The van der Waals surface area contributed by atoms with Crippen molar-refractivity contribution in [2.45, 2.75) is 87.0 Å². The Labute approximate surface area is 251 Å². The van der Waals surface area contributed by atoms with Crippen molar-refractivity contribution in [3.8, 4) is 22.3 Å². The first-order valence-electron chi connectivity index (χ1n) is 15.7. The molecule has 2 aromatic carbocycles. The molecule has 1 N–H and O–H groups in total. The van der Waals surface area contributed by atoms with Crippen molar-refractivity contribution in [3.63, 3.8) is 0 Å². The standard InChI is InChI=1S/C16H17N.C14H13N.C2H7N.3C2H6/c1-11(2)15-9-12-5-3-4-6-13(12)16-10-17-8-7-14(15)16;1-10-8-11-6-7-15-9-14(11)13-5-3-2-4-12(10)13;1-3-2;3*1-2/h3-8,10-11,15H,9H2,1-2H3;2-7,9-10H,8H2,1H3;3H,1-2H3;3*1-2H3. The van der Waals surface area contributed by atoms with Gasteiger partial charge in [-0.3, -0.25) is 9.97 Å². The molecule has 0 amide bonds. The minimum absolute atomic E-state index is 0.621. The summed E-state index contributed by atoms with van der Waals surface area (Å²) in [5.41, 5.74) is 11.2. The number of nitrogens with zero attached hydrogens (tertiary/aromatic N) is 2. The van der Waals surface area contributed by atoms with Crippen LogP contribution in [0.4, 0.5) is 0 Å². The van der Waals surface area contributed by atoms with Gasteiger partial charge in [-0.15, -0.1) is 0 Å². The molecule has 0 aliphatic heterocycles. The highest BCUT2D eigenvalue weighted by molar-refractivity contribution is 5.74. The van der Waals surface area contributed by atoms with Gasteiger partial charge in [0.15, 0.2) is 0 Å². The maximum atomic E-state index is 4.29. The molecule has 2 unspecified atom stereocenters. The summed E-state index contributed by atoms with van der Waals surface area (Å²) in [6.07, 6.45) is 10.1. The second kappa shape index (κ2) is 19.7. The van der Waals surface area contributed by atoms with E-state index in [-0.39, 0.29) is 0 Å². The van der Waals surface area contributed by atoms with E-state index in [1.54, 1.807) is 0 Å². The minimum Gasteiger partial charge on any atom is -0.323 e. The topological polar surface area (TPSA) is 37.8 Å². The number of rotatable bonds is 1. The zero-order chi connectivity index (χ0) is 30.8. The van der Waals surface area contributed by atoms with Crippen LogP contribution in [-0.4, -0.2) is 24.1 Å². The molecule has 6 rings (SSSR count). The van der Waals surface area contributed by atoms with E-state index in [0.717, 1.165) is 12.8 Å². The quantitative estimate of drug-likeness (QED) is 0.255. The lowest BCUT2D eigenvalue weighted by molar-refractivity contribution is 0.492. The van der Waals surface area contributed by atoms with Crippen molar-refractivity contribution >= 4 is 0 Å². The van der Waals surface area contributed by atoms with Gasteiger partial charge >= 0.3 is 0 Å². The third-order valence-electron chi connectivity index (χ3n) is 7.03. The molecule has 222 valence electrons. The Balaban J connectivity index is 0.000000323. The first-order valence-corrected chi connectivity index (χ1v) is 15.7. The molecule has 4 aromatic rings. The lowest BCUT2D eigenvalue weighted by atomic mass is 9.75. The van der Waals surface area contributed by atoms with Crippen LogP contribution in [0.5, 0.6) is 0 Å². The van der Waals surface area contributed by atoms with Crippen molar-refractivity contribution in [3.05, 3.63) is 108 Å². The SMILES string of the molecule is CC.CC.CC.CC(C)C1Cc2ccccc2-c2cnccc21.CC1Cc2ccncc2-c2ccccc21.CNC. The van der Waals surface area contributed by atoms with E-state index >= 15 is 0 Å². The van der Waals surface area contributed by atoms with Gasteiger partial charge in [-0.25, -0.2) is 0 Å². The Morgan fingerprint density at radius 1 is 0.610 bits per heavy atom. The lowest BCUT2D eigenvalue weighted by Gasteiger charge is -2.30. The maximum Gasteiger partial charge on any atom is 0.0349 e. The van der Waals surface area contributed by atoms with Crippen molar-refractivity contribution in [2.24, 2.45) is 5.92 Å². The van der Waals surface area contributed by atoms with Crippen LogP contribution in [0, 0.1) is 5.92 Å². The van der Waals surface area contributed by atoms with Gasteiger partial charge in [0.2, 0.25) is 0 Å². The van der Waals surface area contributed by atoms with Crippen molar-refractivity contribution in [1.82, 2.24) is 15.3 Å². The van der Waals surface area contributed by atoms with E-state index in [0.29, 0.717) is 17.8 Å². The third-order valence-corrected chi connectivity index (χ3v) is 7.03. The molecule has 0 fully saturated rings. The fourth-order valence-electron chi connectivity index (χ4n) is 5.31. The molecule has 0 spiro atoms. The second-order valence-electron chi connectivity index (χ2n) is 9.90. The van der Waals surface area contributed by atoms with Gasteiger partial charge in [0, 0.05) is 35.9 Å². The van der Waals surface area contributed by atoms with Crippen LogP contribution in [0.1, 0.15) is 96.4 Å². The Hall–Kier alpha value is -3.30. The van der Waals surface area contributed by atoms with Crippen LogP contribution in [0.15, 0.2) is 85.5 Å². The van der Waals surface area contributed by atoms with Gasteiger partial charge < -0.3 is 5.32 Å². The zero-order valence-electron chi connectivity index (χ0n) is 27.6. The highest BCUT2D eigenvalue weighted by Gasteiger charge is 2.26. The number of hydrogen-bond acceptors (Lipinski definition) is 3. The summed E-state index contributed by atoms with van der Waals surface area (Å²) in [6, 6.07) is 21.7. The molecule has 2 atom stereocenters. The van der Waals surface area contributed by atoms with E-state index in [4.69, 9.17) is 0 Å². The Morgan fingerprint density at radius 2 is 1.12 bits per heavy atom. The average Bonchev–Trinajstić information content (AvgIpc) is 3.04. The zero-order valence-corrected chi connectivity index (χ0v) is 27.6. The van der Waals surface area contributed by atoms with Gasteiger partial charge in [0.1, 0.15) is 0 Å². The van der Waals surface area contributed by atoms with Crippen molar-refractivity contribution in [2.75, 3.05) is 14.1 Å². The molecule has 2 heterocycles. The highest BCUT2D eigenvalue weighted by atomic mass is 14.7. The molecule has 2 aliphatic carbocycles. The van der Waals surface area contributed by atoms with Crippen molar-refractivity contribution < 1.29 is 0 Å². The van der Waals surface area contributed by atoms with E-state index < -0.39 is 0 Å². The predicted octanol–water partition coefficient (Wildman–Crippen LogP) is 10.4. The monoisotopic (exact) mass is 553 g/mol. The van der Waals surface area contributed by atoms with Gasteiger partial charge in [0.05, 0.1) is 0 Å². The Bertz CT molecular complexity index is 1260. The van der Waals surface area contributed by atoms with Gasteiger partial charge in [-0.05, 0) is 90.2 Å². The number of hydrogen-bond donors (Lipinski definition) is 1. The summed E-state index contributed by atoms with van der Waals surface area (Å²) in [7, 11) is 3.75. The minimum atomic E-state index is 0.621. The number of benzene rings is 2. The fraction of sp³-hybridized carbons (Fsp3) is 0.421. The fourth-order valence-corrected chi connectivity index (χ4v) is 5.31. The largest absolute Gasteiger partial charge is 0.323 e. The molecule has 0 saturated heterocycles. The van der Waals surface area contributed by atoms with Gasteiger partial charge in [-0.1, -0.05) is 111 Å². The molecular weight excluding hydrogens is 498 g/mol. The van der Waals surface area contributed by atoms with E-state index in [2.05, 4.69) is 96.7 Å². The van der Waals surface area contributed by atoms with Crippen LogP contribution in [0.25, 0.3) is 22.3 Å².